The van der Waals surface area contributed by atoms with E-state index in [0.717, 1.165) is 16.7 Å². The molecule has 4 nitrogen and oxygen atoms in total. The van der Waals surface area contributed by atoms with Crippen LogP contribution >= 0.6 is 0 Å². The van der Waals surface area contributed by atoms with Gasteiger partial charge >= 0.3 is 11.9 Å². The van der Waals surface area contributed by atoms with Crippen LogP contribution in [0.4, 0.5) is 0 Å². The molecule has 0 aliphatic carbocycles. The van der Waals surface area contributed by atoms with Crippen molar-refractivity contribution in [3.8, 4) is 11.1 Å². The maximum atomic E-state index is 12.0. The minimum atomic E-state index is -0.924. The van der Waals surface area contributed by atoms with Crippen molar-refractivity contribution in [2.45, 2.75) is 20.3 Å². The largest absolute Gasteiger partial charge is 0.465 e. The molecule has 4 heteroatoms. The van der Waals surface area contributed by atoms with Gasteiger partial charge in [0.2, 0.25) is 0 Å². The number of hydrogen-bond acceptors (Lipinski definition) is 4. The van der Waals surface area contributed by atoms with Crippen molar-refractivity contribution in [3.05, 3.63) is 60.2 Å². The van der Waals surface area contributed by atoms with Gasteiger partial charge in [-0.3, -0.25) is 9.59 Å². The Balaban J connectivity index is 2.14. The normalized spacial score (nSPS) is 10.5. The van der Waals surface area contributed by atoms with Crippen molar-refractivity contribution < 1.29 is 19.1 Å². The summed E-state index contributed by atoms with van der Waals surface area (Å²) in [5.41, 5.74) is 3.10. The summed E-state index contributed by atoms with van der Waals surface area (Å²) in [5, 5.41) is 0. The van der Waals surface area contributed by atoms with Gasteiger partial charge < -0.3 is 9.47 Å². The third kappa shape index (κ3) is 4.69. The molecule has 0 radical (unpaired) electrons. The Morgan fingerprint density at radius 3 is 1.79 bits per heavy atom. The van der Waals surface area contributed by atoms with Crippen LogP contribution in [0.1, 0.15) is 19.4 Å². The van der Waals surface area contributed by atoms with E-state index >= 15 is 0 Å². The van der Waals surface area contributed by atoms with Gasteiger partial charge in [-0.15, -0.1) is 0 Å². The number of rotatable bonds is 7. The predicted molar refractivity (Wildman–Crippen MR) is 92.3 cm³/mol. The molecule has 126 valence electrons. The van der Waals surface area contributed by atoms with Crippen LogP contribution < -0.4 is 0 Å². The van der Waals surface area contributed by atoms with E-state index in [0.29, 0.717) is 0 Å². The average molecular weight is 326 g/mol. The van der Waals surface area contributed by atoms with Crippen LogP contribution in [0.5, 0.6) is 0 Å². The van der Waals surface area contributed by atoms with Crippen molar-refractivity contribution in [2.24, 2.45) is 5.92 Å². The van der Waals surface area contributed by atoms with Gasteiger partial charge in [0.05, 0.1) is 13.2 Å². The Kier molecular flexibility index (Phi) is 6.55. The maximum absolute atomic E-state index is 12.0. The summed E-state index contributed by atoms with van der Waals surface area (Å²) < 4.78 is 9.99. The molecule has 0 saturated carbocycles. The molecule has 0 aliphatic rings. The maximum Gasteiger partial charge on any atom is 0.320 e. The molecule has 24 heavy (non-hydrogen) atoms. The molecule has 2 aromatic carbocycles. The quantitative estimate of drug-likeness (QED) is 0.576. The predicted octanol–water partition coefficient (Wildman–Crippen LogP) is 3.64. The molecular weight excluding hydrogens is 304 g/mol. The van der Waals surface area contributed by atoms with Crippen LogP contribution in [0.2, 0.25) is 0 Å². The fourth-order valence-electron chi connectivity index (χ4n) is 2.45. The average Bonchev–Trinajstić information content (AvgIpc) is 2.61. The van der Waals surface area contributed by atoms with Crippen molar-refractivity contribution in [1.29, 1.82) is 0 Å². The zero-order valence-electron chi connectivity index (χ0n) is 14.0. The number of ether oxygens (including phenoxy) is 2. The van der Waals surface area contributed by atoms with Crippen molar-refractivity contribution in [2.75, 3.05) is 13.2 Å². The fraction of sp³-hybridized carbons (Fsp3) is 0.300. The second-order valence-electron chi connectivity index (χ2n) is 5.32. The van der Waals surface area contributed by atoms with Crippen LogP contribution in [0.15, 0.2) is 54.6 Å². The first-order valence-electron chi connectivity index (χ1n) is 8.13. The van der Waals surface area contributed by atoms with E-state index in [1.807, 2.05) is 54.6 Å². The summed E-state index contributed by atoms with van der Waals surface area (Å²) in [6, 6.07) is 17.8. The second kappa shape index (κ2) is 8.87. The Morgan fingerprint density at radius 2 is 1.29 bits per heavy atom. The summed E-state index contributed by atoms with van der Waals surface area (Å²) in [4.78, 5) is 24.1. The highest BCUT2D eigenvalue weighted by Gasteiger charge is 2.29. The molecule has 0 aliphatic heterocycles. The van der Waals surface area contributed by atoms with Crippen LogP contribution in [-0.2, 0) is 25.5 Å². The smallest absolute Gasteiger partial charge is 0.320 e. The molecule has 0 atom stereocenters. The van der Waals surface area contributed by atoms with E-state index in [1.54, 1.807) is 13.8 Å². The molecule has 2 aromatic rings. The highest BCUT2D eigenvalue weighted by molar-refractivity contribution is 5.95. The second-order valence-corrected chi connectivity index (χ2v) is 5.32. The van der Waals surface area contributed by atoms with Crippen LogP contribution in [0.3, 0.4) is 0 Å². The topological polar surface area (TPSA) is 52.6 Å². The zero-order chi connectivity index (χ0) is 17.4. The van der Waals surface area contributed by atoms with Gasteiger partial charge in [0.15, 0.2) is 5.92 Å². The van der Waals surface area contributed by atoms with E-state index < -0.39 is 17.9 Å². The van der Waals surface area contributed by atoms with Gasteiger partial charge in [-0.1, -0.05) is 54.6 Å². The van der Waals surface area contributed by atoms with Crippen molar-refractivity contribution >= 4 is 11.9 Å². The molecule has 0 unspecified atom stereocenters. The Hall–Kier alpha value is -2.62. The summed E-state index contributed by atoms with van der Waals surface area (Å²) in [6.07, 6.45) is 0.271. The lowest BCUT2D eigenvalue weighted by Gasteiger charge is -2.14. The highest BCUT2D eigenvalue weighted by Crippen LogP contribution is 2.21. The van der Waals surface area contributed by atoms with E-state index in [4.69, 9.17) is 9.47 Å². The number of benzene rings is 2. The van der Waals surface area contributed by atoms with Crippen LogP contribution in [0, 0.1) is 5.92 Å². The molecule has 0 spiro atoms. The minimum Gasteiger partial charge on any atom is -0.465 e. The van der Waals surface area contributed by atoms with Crippen molar-refractivity contribution in [3.63, 3.8) is 0 Å². The van der Waals surface area contributed by atoms with Crippen molar-refractivity contribution in [1.82, 2.24) is 0 Å². The molecule has 0 aromatic heterocycles. The van der Waals surface area contributed by atoms with Crippen LogP contribution in [0.25, 0.3) is 11.1 Å². The van der Waals surface area contributed by atoms with E-state index in [9.17, 15) is 9.59 Å². The molecule has 0 saturated heterocycles. The number of carbonyl (C=O) groups excluding carboxylic acids is 2. The van der Waals surface area contributed by atoms with Gasteiger partial charge in [-0.25, -0.2) is 0 Å². The Labute approximate surface area is 142 Å². The monoisotopic (exact) mass is 326 g/mol. The Bertz CT molecular complexity index is 644. The highest BCUT2D eigenvalue weighted by atomic mass is 16.6. The van der Waals surface area contributed by atoms with E-state index in [2.05, 4.69) is 0 Å². The summed E-state index contributed by atoms with van der Waals surface area (Å²) in [7, 11) is 0. The number of esters is 2. The number of carbonyl (C=O) groups is 2. The molecule has 0 amide bonds. The Morgan fingerprint density at radius 1 is 0.792 bits per heavy atom. The van der Waals surface area contributed by atoms with Gasteiger partial charge in [-0.05, 0) is 37.0 Å². The van der Waals surface area contributed by atoms with Gasteiger partial charge in [-0.2, -0.15) is 0 Å². The number of hydrogen-bond donors (Lipinski definition) is 0. The van der Waals surface area contributed by atoms with E-state index in [-0.39, 0.29) is 19.6 Å². The zero-order valence-corrected chi connectivity index (χ0v) is 14.0. The molecule has 0 N–H and O–H groups in total. The summed E-state index contributed by atoms with van der Waals surface area (Å²) >= 11 is 0. The van der Waals surface area contributed by atoms with E-state index in [1.165, 1.54) is 0 Å². The molecule has 0 bridgehead atoms. The first-order chi connectivity index (χ1) is 11.7. The third-order valence-electron chi connectivity index (χ3n) is 3.64. The minimum absolute atomic E-state index is 0.238. The summed E-state index contributed by atoms with van der Waals surface area (Å²) in [5.74, 6) is -2.00. The molecular formula is C20H22O4. The van der Waals surface area contributed by atoms with Gasteiger partial charge in [0.25, 0.3) is 0 Å². The van der Waals surface area contributed by atoms with Gasteiger partial charge in [0, 0.05) is 0 Å². The molecule has 0 fully saturated rings. The lowest BCUT2D eigenvalue weighted by Crippen LogP contribution is -2.30. The standard InChI is InChI=1S/C20H22O4/c1-3-23-19(21)18(20(22)24-4-2)14-15-10-12-17(13-11-15)16-8-6-5-7-9-16/h5-13,18H,3-4,14H2,1-2H3. The molecule has 0 heterocycles. The summed E-state index contributed by atoms with van der Waals surface area (Å²) in [6.45, 7) is 3.91. The van der Waals surface area contributed by atoms with Gasteiger partial charge in [0.1, 0.15) is 0 Å². The first-order valence-corrected chi connectivity index (χ1v) is 8.13. The molecule has 2 rings (SSSR count). The SMILES string of the molecule is CCOC(=O)C(Cc1ccc(-c2ccccc2)cc1)C(=O)OCC. The van der Waals surface area contributed by atoms with Crippen LogP contribution in [-0.4, -0.2) is 25.2 Å². The first kappa shape index (κ1) is 17.7. The third-order valence-corrected chi connectivity index (χ3v) is 3.64. The lowest BCUT2D eigenvalue weighted by molar-refractivity contribution is -0.161. The fourth-order valence-corrected chi connectivity index (χ4v) is 2.45. The lowest BCUT2D eigenvalue weighted by atomic mass is 9.97.